The van der Waals surface area contributed by atoms with E-state index in [2.05, 4.69) is 15.9 Å². The van der Waals surface area contributed by atoms with Gasteiger partial charge in [0.05, 0.1) is 10.4 Å². The molecule has 0 aliphatic rings. The minimum Gasteiger partial charge on any atom is -0.481 e. The van der Waals surface area contributed by atoms with Gasteiger partial charge in [0.2, 0.25) is 0 Å². The Labute approximate surface area is 102 Å². The van der Waals surface area contributed by atoms with E-state index >= 15 is 0 Å². The van der Waals surface area contributed by atoms with Crippen LogP contribution < -0.4 is 0 Å². The molecule has 1 aromatic carbocycles. The second-order valence-electron chi connectivity index (χ2n) is 3.49. The number of carboxylic acids is 1. The van der Waals surface area contributed by atoms with E-state index in [1.807, 2.05) is 0 Å². The molecule has 17 heavy (non-hydrogen) atoms. The molecule has 0 fully saturated rings. The van der Waals surface area contributed by atoms with Crippen LogP contribution in [0.4, 0.5) is 17.6 Å². The van der Waals surface area contributed by atoms with Gasteiger partial charge in [0.15, 0.2) is 23.3 Å². The lowest BCUT2D eigenvalue weighted by atomic mass is 10.00. The fourth-order valence-electron chi connectivity index (χ4n) is 1.22. The second kappa shape index (κ2) is 5.03. The van der Waals surface area contributed by atoms with Crippen LogP contribution in [0.2, 0.25) is 0 Å². The summed E-state index contributed by atoms with van der Waals surface area (Å²) < 4.78 is 51.9. The molecule has 0 aliphatic heterocycles. The minimum atomic E-state index is -1.58. The third-order valence-corrected chi connectivity index (χ3v) is 2.93. The standard InChI is InChI=1S/C10H7BrF4O2/c1-3(10(16)17)2-4-6(12)8(14)5(11)9(15)7(4)13/h3H,2H2,1H3,(H,16,17). The summed E-state index contributed by atoms with van der Waals surface area (Å²) >= 11 is 2.36. The Bertz CT molecular complexity index is 447. The Balaban J connectivity index is 3.30. The van der Waals surface area contributed by atoms with Crippen LogP contribution in [0.1, 0.15) is 12.5 Å². The van der Waals surface area contributed by atoms with Gasteiger partial charge in [-0.2, -0.15) is 0 Å². The number of hydrogen-bond acceptors (Lipinski definition) is 1. The lowest BCUT2D eigenvalue weighted by Gasteiger charge is -2.11. The first-order chi connectivity index (χ1) is 7.77. The number of hydrogen-bond donors (Lipinski definition) is 1. The van der Waals surface area contributed by atoms with E-state index in [0.717, 1.165) is 0 Å². The molecule has 0 aliphatic carbocycles. The second-order valence-corrected chi connectivity index (χ2v) is 4.28. The monoisotopic (exact) mass is 314 g/mol. The summed E-state index contributed by atoms with van der Waals surface area (Å²) in [7, 11) is 0. The summed E-state index contributed by atoms with van der Waals surface area (Å²) in [6.07, 6.45) is -0.631. The summed E-state index contributed by atoms with van der Waals surface area (Å²) in [5, 5.41) is 8.58. The highest BCUT2D eigenvalue weighted by molar-refractivity contribution is 9.10. The van der Waals surface area contributed by atoms with Crippen molar-refractivity contribution >= 4 is 21.9 Å². The molecule has 94 valence electrons. The van der Waals surface area contributed by atoms with E-state index in [9.17, 15) is 22.4 Å². The van der Waals surface area contributed by atoms with Gasteiger partial charge in [0.25, 0.3) is 0 Å². The number of halogens is 5. The van der Waals surface area contributed by atoms with Crippen LogP contribution in [-0.4, -0.2) is 11.1 Å². The third-order valence-electron chi connectivity index (χ3n) is 2.23. The summed E-state index contributed by atoms with van der Waals surface area (Å²) in [6.45, 7) is 1.18. The van der Waals surface area contributed by atoms with Crippen LogP contribution in [0, 0.1) is 29.2 Å². The van der Waals surface area contributed by atoms with Crippen molar-refractivity contribution in [2.75, 3.05) is 0 Å². The largest absolute Gasteiger partial charge is 0.481 e. The quantitative estimate of drug-likeness (QED) is 0.528. The summed E-state index contributed by atoms with van der Waals surface area (Å²) in [6, 6.07) is 0. The maximum Gasteiger partial charge on any atom is 0.306 e. The van der Waals surface area contributed by atoms with Crippen molar-refractivity contribution in [2.45, 2.75) is 13.3 Å². The smallest absolute Gasteiger partial charge is 0.306 e. The van der Waals surface area contributed by atoms with E-state index in [0.29, 0.717) is 0 Å². The zero-order valence-corrected chi connectivity index (χ0v) is 10.1. The van der Waals surface area contributed by atoms with Gasteiger partial charge < -0.3 is 5.11 Å². The van der Waals surface area contributed by atoms with Gasteiger partial charge in [-0.1, -0.05) is 6.92 Å². The van der Waals surface area contributed by atoms with Gasteiger partial charge in [-0.3, -0.25) is 4.79 Å². The average Bonchev–Trinajstić information content (AvgIpc) is 2.29. The van der Waals surface area contributed by atoms with Crippen LogP contribution in [0.3, 0.4) is 0 Å². The molecule has 1 rings (SSSR count). The van der Waals surface area contributed by atoms with Crippen molar-refractivity contribution in [1.82, 2.24) is 0 Å². The highest BCUT2D eigenvalue weighted by atomic mass is 79.9. The van der Waals surface area contributed by atoms with Crippen molar-refractivity contribution in [3.63, 3.8) is 0 Å². The topological polar surface area (TPSA) is 37.3 Å². The molecular formula is C10H7BrF4O2. The zero-order chi connectivity index (χ0) is 13.3. The predicted octanol–water partition coefficient (Wildman–Crippen LogP) is 3.27. The van der Waals surface area contributed by atoms with Gasteiger partial charge in [-0.15, -0.1) is 0 Å². The molecule has 0 radical (unpaired) electrons. The third kappa shape index (κ3) is 2.59. The molecule has 0 amide bonds. The van der Waals surface area contributed by atoms with Gasteiger partial charge in [-0.25, -0.2) is 17.6 Å². The lowest BCUT2D eigenvalue weighted by molar-refractivity contribution is -0.141. The number of benzene rings is 1. The van der Waals surface area contributed by atoms with E-state index in [4.69, 9.17) is 5.11 Å². The van der Waals surface area contributed by atoms with E-state index < -0.39 is 51.6 Å². The Hall–Kier alpha value is -1.11. The van der Waals surface area contributed by atoms with Crippen molar-refractivity contribution in [3.05, 3.63) is 33.3 Å². The predicted molar refractivity (Wildman–Crippen MR) is 54.5 cm³/mol. The fraction of sp³-hybridized carbons (Fsp3) is 0.300. The molecule has 7 heteroatoms. The van der Waals surface area contributed by atoms with Gasteiger partial charge in [-0.05, 0) is 22.4 Å². The normalized spacial score (nSPS) is 12.6. The first-order valence-electron chi connectivity index (χ1n) is 4.50. The molecule has 0 heterocycles. The SMILES string of the molecule is CC(Cc1c(F)c(F)c(Br)c(F)c1F)C(=O)O. The van der Waals surface area contributed by atoms with Crippen LogP contribution in [0.15, 0.2) is 4.47 Å². The highest BCUT2D eigenvalue weighted by Crippen LogP contribution is 2.29. The first kappa shape index (κ1) is 14.0. The molecule has 2 nitrogen and oxygen atoms in total. The van der Waals surface area contributed by atoms with E-state index in [-0.39, 0.29) is 0 Å². The van der Waals surface area contributed by atoms with Gasteiger partial charge >= 0.3 is 5.97 Å². The van der Waals surface area contributed by atoms with Crippen LogP contribution >= 0.6 is 15.9 Å². The molecule has 0 spiro atoms. The van der Waals surface area contributed by atoms with Crippen LogP contribution in [-0.2, 0) is 11.2 Å². The summed E-state index contributed by atoms with van der Waals surface area (Å²) in [5.74, 6) is -8.77. The minimum absolute atomic E-state index is 0.631. The Morgan fingerprint density at radius 1 is 1.18 bits per heavy atom. The van der Waals surface area contributed by atoms with E-state index in [1.54, 1.807) is 0 Å². The summed E-state index contributed by atoms with van der Waals surface area (Å²) in [4.78, 5) is 10.5. The summed E-state index contributed by atoms with van der Waals surface area (Å²) in [5.41, 5.74) is -0.905. The molecule has 1 atom stereocenters. The molecule has 0 saturated carbocycles. The number of aliphatic carboxylic acids is 1. The molecular weight excluding hydrogens is 308 g/mol. The Morgan fingerprint density at radius 3 is 1.94 bits per heavy atom. The van der Waals surface area contributed by atoms with Crippen LogP contribution in [0.5, 0.6) is 0 Å². The fourth-order valence-corrected chi connectivity index (χ4v) is 1.57. The first-order valence-corrected chi connectivity index (χ1v) is 5.29. The number of carbonyl (C=O) groups is 1. The maximum atomic E-state index is 13.3. The van der Waals surface area contributed by atoms with Gasteiger partial charge in [0.1, 0.15) is 0 Å². The molecule has 1 N–H and O–H groups in total. The lowest BCUT2D eigenvalue weighted by Crippen LogP contribution is -2.16. The Kier molecular flexibility index (Phi) is 4.13. The maximum absolute atomic E-state index is 13.3. The van der Waals surface area contributed by atoms with E-state index in [1.165, 1.54) is 6.92 Å². The molecule has 0 saturated heterocycles. The van der Waals surface area contributed by atoms with Gasteiger partial charge in [0, 0.05) is 5.56 Å². The Morgan fingerprint density at radius 2 is 1.59 bits per heavy atom. The van der Waals surface area contributed by atoms with Crippen molar-refractivity contribution < 1.29 is 27.5 Å². The van der Waals surface area contributed by atoms with Crippen molar-refractivity contribution in [3.8, 4) is 0 Å². The van der Waals surface area contributed by atoms with Crippen molar-refractivity contribution in [1.29, 1.82) is 0 Å². The highest BCUT2D eigenvalue weighted by Gasteiger charge is 2.26. The van der Waals surface area contributed by atoms with Crippen LogP contribution in [0.25, 0.3) is 0 Å². The zero-order valence-electron chi connectivity index (χ0n) is 8.53. The molecule has 1 aromatic rings. The molecule has 0 bridgehead atoms. The average molecular weight is 315 g/mol. The number of rotatable bonds is 3. The molecule has 0 aromatic heterocycles. The number of carboxylic acid groups (broad SMARTS) is 1. The molecule has 1 unspecified atom stereocenters. The van der Waals surface area contributed by atoms with Crippen molar-refractivity contribution in [2.24, 2.45) is 5.92 Å².